The second-order valence-corrected chi connectivity index (χ2v) is 14.3. The third kappa shape index (κ3) is 7.63. The fourth-order valence-electron chi connectivity index (χ4n) is 6.16. The van der Waals surface area contributed by atoms with E-state index >= 15 is 0 Å². The molecule has 2 atom stereocenters. The number of hydrogen-bond acceptors (Lipinski definition) is 11. The van der Waals surface area contributed by atoms with Crippen LogP contribution in [0.4, 0.5) is 17.6 Å². The van der Waals surface area contributed by atoms with Gasteiger partial charge in [0, 0.05) is 0 Å². The summed E-state index contributed by atoms with van der Waals surface area (Å²) in [7, 11) is 0. The van der Waals surface area contributed by atoms with Gasteiger partial charge in [-0.3, -0.25) is 0 Å². The molecule has 0 amide bonds. The Kier molecular flexibility index (Phi) is 9.50. The minimum Gasteiger partial charge on any atom is -0.485 e. The van der Waals surface area contributed by atoms with E-state index in [1.165, 1.54) is 18.2 Å². The lowest BCUT2D eigenvalue weighted by Crippen LogP contribution is -2.16. The molecule has 6 aromatic rings. The fraction of sp³-hybridized carbons (Fsp3) is 0.179. The molecule has 0 aliphatic carbocycles. The summed E-state index contributed by atoms with van der Waals surface area (Å²) in [6.45, 7) is 0. The molecular weight excluding hydrogens is 749 g/mol. The summed E-state index contributed by atoms with van der Waals surface area (Å²) in [5.41, 5.74) is 1.89. The zero-order valence-electron chi connectivity index (χ0n) is 27.8. The fourth-order valence-corrected chi connectivity index (χ4v) is 7.65. The van der Waals surface area contributed by atoms with E-state index in [9.17, 15) is 27.2 Å². The van der Waals surface area contributed by atoms with Crippen LogP contribution >= 0.6 is 22.7 Å². The predicted molar refractivity (Wildman–Crippen MR) is 188 cm³/mol. The topological polar surface area (TPSA) is 106 Å². The van der Waals surface area contributed by atoms with Gasteiger partial charge in [0.05, 0.1) is 6.20 Å². The molecule has 0 saturated heterocycles. The van der Waals surface area contributed by atoms with Gasteiger partial charge in [0.25, 0.3) is 10.4 Å². The maximum atomic E-state index is 14.0. The molecule has 4 aromatic carbocycles. The first kappa shape index (κ1) is 35.2. The van der Waals surface area contributed by atoms with Gasteiger partial charge < -0.3 is 23.7 Å². The van der Waals surface area contributed by atoms with Gasteiger partial charge in [-0.25, -0.2) is 19.0 Å². The number of rotatable bonds is 8. The molecule has 9 nitrogen and oxygen atoms in total. The molecule has 0 bridgehead atoms. The zero-order valence-corrected chi connectivity index (χ0v) is 29.4. The molecule has 8 rings (SSSR count). The van der Waals surface area contributed by atoms with Crippen molar-refractivity contribution < 1.29 is 50.8 Å². The maximum absolute atomic E-state index is 14.0. The number of aryl methyl sites for hydroxylation is 2. The Hall–Kier alpha value is -5.80. The van der Waals surface area contributed by atoms with Crippen molar-refractivity contribution in [3.8, 4) is 33.4 Å². The highest BCUT2D eigenvalue weighted by Gasteiger charge is 2.41. The first-order chi connectivity index (χ1) is 26.1. The Morgan fingerprint density at radius 1 is 0.722 bits per heavy atom. The van der Waals surface area contributed by atoms with E-state index in [1.807, 2.05) is 30.3 Å². The van der Waals surface area contributed by atoms with Gasteiger partial charge in [0.2, 0.25) is 0 Å². The van der Waals surface area contributed by atoms with Crippen LogP contribution in [0.25, 0.3) is 0 Å². The molecule has 274 valence electrons. The summed E-state index contributed by atoms with van der Waals surface area (Å²) in [4.78, 5) is 32.2. The molecule has 54 heavy (non-hydrogen) atoms. The van der Waals surface area contributed by atoms with Crippen LogP contribution in [-0.2, 0) is 23.8 Å². The average Bonchev–Trinajstić information content (AvgIpc) is 3.83. The van der Waals surface area contributed by atoms with E-state index in [0.29, 0.717) is 54.3 Å². The molecule has 0 fully saturated rings. The van der Waals surface area contributed by atoms with Gasteiger partial charge >= 0.3 is 18.1 Å². The van der Waals surface area contributed by atoms with Crippen molar-refractivity contribution in [2.45, 2.75) is 44.1 Å². The van der Waals surface area contributed by atoms with Gasteiger partial charge in [-0.1, -0.05) is 65.1 Å². The standard InChI is InChI=1S/C39H26F4N2O7S2/c40-25-8-4-7-22(17-25)29-14-10-24-18-26(11-15-31(24)51-29)48-37-44-20-32(53-37)35(46)52-36(47)33-34(39(41,42)43)45-38(54-33)49-27-12-16-30-23(19-27)9-13-28(50-30)21-5-2-1-3-6-21/h1-8,11-12,15-20,28-29H,9-10,13-14H2. The van der Waals surface area contributed by atoms with Gasteiger partial charge in [-0.2, -0.15) is 18.2 Å². The van der Waals surface area contributed by atoms with E-state index in [-0.39, 0.29) is 33.8 Å². The van der Waals surface area contributed by atoms with Crippen molar-refractivity contribution >= 4 is 34.6 Å². The minimum absolute atomic E-state index is 0.0270. The number of carbonyl (C=O) groups excluding carboxylic acids is 2. The summed E-state index contributed by atoms with van der Waals surface area (Å²) in [6, 6.07) is 26.0. The quantitative estimate of drug-likeness (QED) is 0.0849. The van der Waals surface area contributed by atoms with Crippen molar-refractivity contribution in [3.05, 3.63) is 141 Å². The van der Waals surface area contributed by atoms with Gasteiger partial charge in [0.15, 0.2) is 5.69 Å². The number of nitrogens with zero attached hydrogens (tertiary/aromatic N) is 2. The molecule has 2 aromatic heterocycles. The van der Waals surface area contributed by atoms with Crippen molar-refractivity contribution in [1.82, 2.24) is 9.97 Å². The van der Waals surface area contributed by atoms with Crippen LogP contribution in [0.15, 0.2) is 97.2 Å². The number of ether oxygens (including phenoxy) is 5. The third-order valence-electron chi connectivity index (χ3n) is 8.69. The maximum Gasteiger partial charge on any atom is 0.435 e. The van der Waals surface area contributed by atoms with Gasteiger partial charge in [-0.05, 0) is 96.5 Å². The molecule has 0 N–H and O–H groups in total. The van der Waals surface area contributed by atoms with E-state index in [2.05, 4.69) is 9.97 Å². The van der Waals surface area contributed by atoms with E-state index < -0.39 is 33.9 Å². The summed E-state index contributed by atoms with van der Waals surface area (Å²) in [6.07, 6.45) is -1.80. The largest absolute Gasteiger partial charge is 0.485 e. The molecule has 0 radical (unpaired) electrons. The van der Waals surface area contributed by atoms with Crippen LogP contribution in [0.2, 0.25) is 0 Å². The van der Waals surface area contributed by atoms with E-state index in [1.54, 1.807) is 42.5 Å². The number of benzene rings is 4. The van der Waals surface area contributed by atoms with E-state index in [4.69, 9.17) is 23.7 Å². The highest BCUT2D eigenvalue weighted by atomic mass is 32.1. The monoisotopic (exact) mass is 774 g/mol. The Labute approximate surface area is 312 Å². The lowest BCUT2D eigenvalue weighted by Gasteiger charge is -2.26. The molecule has 2 aliphatic rings. The number of alkyl halides is 3. The predicted octanol–water partition coefficient (Wildman–Crippen LogP) is 10.5. The van der Waals surface area contributed by atoms with Crippen LogP contribution < -0.4 is 18.9 Å². The van der Waals surface area contributed by atoms with Crippen LogP contribution in [0.3, 0.4) is 0 Å². The number of carbonyl (C=O) groups is 2. The van der Waals surface area contributed by atoms with Crippen LogP contribution in [0, 0.1) is 5.82 Å². The SMILES string of the molecule is O=C(OC(=O)c1sc(Oc2ccc3c(c2)CCC(c2ccccc2)O3)nc1C(F)(F)F)c1cnc(Oc2ccc3c(c2)CCC(c2cccc(F)c2)O3)s1. The summed E-state index contributed by atoms with van der Waals surface area (Å²) >= 11 is 1.04. The molecule has 2 unspecified atom stereocenters. The van der Waals surface area contributed by atoms with Crippen LogP contribution in [0.5, 0.6) is 33.4 Å². The number of aromatic nitrogens is 2. The minimum atomic E-state index is -5.04. The number of halogens is 4. The summed E-state index contributed by atoms with van der Waals surface area (Å²) in [5.74, 6) is -1.27. The lowest BCUT2D eigenvalue weighted by atomic mass is 9.97. The lowest BCUT2D eigenvalue weighted by molar-refractivity contribution is -0.141. The zero-order chi connectivity index (χ0) is 37.4. The Morgan fingerprint density at radius 3 is 2.00 bits per heavy atom. The van der Waals surface area contributed by atoms with Gasteiger partial charge in [0.1, 0.15) is 50.8 Å². The van der Waals surface area contributed by atoms with Crippen LogP contribution in [-0.4, -0.2) is 21.9 Å². The first-order valence-corrected chi connectivity index (χ1v) is 18.2. The smallest absolute Gasteiger partial charge is 0.435 e. The number of esters is 2. The molecule has 15 heteroatoms. The molecule has 0 saturated carbocycles. The first-order valence-electron chi connectivity index (χ1n) is 16.6. The third-order valence-corrected chi connectivity index (χ3v) is 10.5. The normalized spacial score (nSPS) is 16.3. The summed E-state index contributed by atoms with van der Waals surface area (Å²) in [5, 5.41) is -0.437. The van der Waals surface area contributed by atoms with Gasteiger partial charge in [-0.15, -0.1) is 0 Å². The van der Waals surface area contributed by atoms with Crippen molar-refractivity contribution in [3.63, 3.8) is 0 Å². The molecule has 0 spiro atoms. The molecule has 2 aliphatic heterocycles. The van der Waals surface area contributed by atoms with Crippen LogP contribution in [0.1, 0.15) is 72.3 Å². The Morgan fingerprint density at radius 2 is 1.35 bits per heavy atom. The number of thiazole rings is 2. The second-order valence-electron chi connectivity index (χ2n) is 12.3. The second kappa shape index (κ2) is 14.6. The molecular formula is C39H26F4N2O7S2. The molecule has 4 heterocycles. The van der Waals surface area contributed by atoms with Crippen molar-refractivity contribution in [2.75, 3.05) is 0 Å². The average molecular weight is 775 g/mol. The highest BCUT2D eigenvalue weighted by Crippen LogP contribution is 2.42. The number of hydrogen-bond donors (Lipinski definition) is 0. The Bertz CT molecular complexity index is 2360. The summed E-state index contributed by atoms with van der Waals surface area (Å²) < 4.78 is 84.1. The van der Waals surface area contributed by atoms with Crippen molar-refractivity contribution in [1.29, 1.82) is 0 Å². The Balaban J connectivity index is 0.910. The number of fused-ring (bicyclic) bond motifs is 2. The van der Waals surface area contributed by atoms with Crippen molar-refractivity contribution in [2.24, 2.45) is 0 Å². The highest BCUT2D eigenvalue weighted by molar-refractivity contribution is 7.16. The van der Waals surface area contributed by atoms with E-state index in [0.717, 1.165) is 39.8 Å².